The molecular formula is C21H30N4O4. The fourth-order valence-electron chi connectivity index (χ4n) is 5.95. The van der Waals surface area contributed by atoms with Crippen molar-refractivity contribution in [2.75, 3.05) is 6.54 Å². The van der Waals surface area contributed by atoms with Crippen molar-refractivity contribution in [1.82, 2.24) is 21.5 Å². The standard InChI is InChI=1S/C21H30N4O4/c1-12-5-17(13(2)29-12)19(27)25-24-18(26)3-4-22-20(28)23-21-9-14-6-15(10-21)8-16(7-14)11-21/h5,14-16H,3-4,6-11H2,1-2H3,(H,24,26)(H,25,27)(H2,22,23,28). The highest BCUT2D eigenvalue weighted by Gasteiger charge is 2.51. The minimum absolute atomic E-state index is 0.0460. The molecule has 4 amide bonds. The summed E-state index contributed by atoms with van der Waals surface area (Å²) in [5.74, 6) is 2.62. The lowest BCUT2D eigenvalue weighted by Gasteiger charge is -2.56. The Bertz CT molecular complexity index is 780. The number of hydrazine groups is 1. The summed E-state index contributed by atoms with van der Waals surface area (Å²) >= 11 is 0. The molecule has 0 radical (unpaired) electrons. The molecule has 1 aromatic rings. The first-order valence-corrected chi connectivity index (χ1v) is 10.5. The van der Waals surface area contributed by atoms with Crippen molar-refractivity contribution in [3.05, 3.63) is 23.2 Å². The van der Waals surface area contributed by atoms with E-state index >= 15 is 0 Å². The minimum Gasteiger partial charge on any atom is -0.466 e. The van der Waals surface area contributed by atoms with Crippen LogP contribution in [0.4, 0.5) is 4.79 Å². The molecule has 4 aliphatic carbocycles. The molecule has 1 heterocycles. The van der Waals surface area contributed by atoms with E-state index in [2.05, 4.69) is 21.5 Å². The molecule has 0 atom stereocenters. The van der Waals surface area contributed by atoms with Gasteiger partial charge in [-0.2, -0.15) is 0 Å². The van der Waals surface area contributed by atoms with Crippen LogP contribution < -0.4 is 21.5 Å². The number of nitrogens with one attached hydrogen (secondary N) is 4. The number of furan rings is 1. The largest absolute Gasteiger partial charge is 0.466 e. The molecule has 0 aliphatic heterocycles. The first kappa shape index (κ1) is 19.8. The fraction of sp³-hybridized carbons (Fsp3) is 0.667. The van der Waals surface area contributed by atoms with Crippen LogP contribution in [-0.4, -0.2) is 29.9 Å². The van der Waals surface area contributed by atoms with Crippen LogP contribution in [0.1, 0.15) is 66.8 Å². The van der Waals surface area contributed by atoms with Crippen molar-refractivity contribution in [3.63, 3.8) is 0 Å². The third kappa shape index (κ3) is 4.41. The third-order valence-corrected chi connectivity index (χ3v) is 6.66. The van der Waals surface area contributed by atoms with Crippen molar-refractivity contribution in [1.29, 1.82) is 0 Å². The van der Waals surface area contributed by atoms with E-state index in [0.717, 1.165) is 37.0 Å². The zero-order chi connectivity index (χ0) is 20.6. The van der Waals surface area contributed by atoms with Gasteiger partial charge in [-0.1, -0.05) is 0 Å². The summed E-state index contributed by atoms with van der Waals surface area (Å²) in [6.45, 7) is 3.66. The van der Waals surface area contributed by atoms with Gasteiger partial charge in [-0.15, -0.1) is 0 Å². The second-order valence-electron chi connectivity index (χ2n) is 9.16. The molecule has 29 heavy (non-hydrogen) atoms. The second kappa shape index (κ2) is 7.72. The Morgan fingerprint density at radius 2 is 1.66 bits per heavy atom. The number of carbonyl (C=O) groups excluding carboxylic acids is 3. The number of hydrogen-bond acceptors (Lipinski definition) is 4. The number of hydrogen-bond donors (Lipinski definition) is 4. The molecule has 1 aromatic heterocycles. The fourth-order valence-corrected chi connectivity index (χ4v) is 5.95. The normalized spacial score (nSPS) is 29.4. The van der Waals surface area contributed by atoms with Gasteiger partial charge in [0.05, 0.1) is 5.56 Å². The number of aryl methyl sites for hydroxylation is 2. The molecular weight excluding hydrogens is 372 g/mol. The molecule has 4 aliphatic rings. The average Bonchev–Trinajstić information content (AvgIpc) is 2.96. The number of carbonyl (C=O) groups is 3. The first-order valence-electron chi connectivity index (χ1n) is 10.5. The van der Waals surface area contributed by atoms with Crippen LogP contribution in [0.5, 0.6) is 0 Å². The van der Waals surface area contributed by atoms with Crippen molar-refractivity contribution in [2.45, 2.75) is 64.3 Å². The zero-order valence-electron chi connectivity index (χ0n) is 17.1. The lowest BCUT2D eigenvalue weighted by molar-refractivity contribution is -0.121. The Balaban J connectivity index is 1.16. The molecule has 5 rings (SSSR count). The highest BCUT2D eigenvalue weighted by atomic mass is 16.3. The summed E-state index contributed by atoms with van der Waals surface area (Å²) in [5.41, 5.74) is 5.07. The van der Waals surface area contributed by atoms with Gasteiger partial charge in [-0.3, -0.25) is 20.4 Å². The number of urea groups is 1. The van der Waals surface area contributed by atoms with E-state index in [1.807, 2.05) is 0 Å². The predicted octanol–water partition coefficient (Wildman–Crippen LogP) is 2.32. The molecule has 0 unspecified atom stereocenters. The SMILES string of the molecule is Cc1cc(C(=O)NNC(=O)CCNC(=O)NC23CC4CC(CC(C4)C2)C3)c(C)o1. The zero-order valence-corrected chi connectivity index (χ0v) is 17.1. The molecule has 0 spiro atoms. The predicted molar refractivity (Wildman–Crippen MR) is 106 cm³/mol. The van der Waals surface area contributed by atoms with Gasteiger partial charge >= 0.3 is 6.03 Å². The summed E-state index contributed by atoms with van der Waals surface area (Å²) < 4.78 is 5.31. The summed E-state index contributed by atoms with van der Waals surface area (Å²) in [6, 6.07) is 1.42. The van der Waals surface area contributed by atoms with Crippen LogP contribution in [0.25, 0.3) is 0 Å². The van der Waals surface area contributed by atoms with Gasteiger partial charge in [-0.05, 0) is 76.2 Å². The Kier molecular flexibility index (Phi) is 5.27. The Morgan fingerprint density at radius 3 is 2.21 bits per heavy atom. The van der Waals surface area contributed by atoms with Crippen molar-refractivity contribution < 1.29 is 18.8 Å². The average molecular weight is 402 g/mol. The molecule has 4 bridgehead atoms. The molecule has 8 heteroatoms. The first-order chi connectivity index (χ1) is 13.8. The number of amides is 4. The van der Waals surface area contributed by atoms with Crippen LogP contribution in [-0.2, 0) is 4.79 Å². The highest BCUT2D eigenvalue weighted by Crippen LogP contribution is 2.55. The monoisotopic (exact) mass is 402 g/mol. The summed E-state index contributed by atoms with van der Waals surface area (Å²) in [7, 11) is 0. The van der Waals surface area contributed by atoms with E-state index in [9.17, 15) is 14.4 Å². The van der Waals surface area contributed by atoms with E-state index in [4.69, 9.17) is 4.42 Å². The summed E-state index contributed by atoms with van der Waals surface area (Å²) in [4.78, 5) is 36.4. The quantitative estimate of drug-likeness (QED) is 0.566. The topological polar surface area (TPSA) is 112 Å². The van der Waals surface area contributed by atoms with Crippen molar-refractivity contribution in [3.8, 4) is 0 Å². The van der Waals surface area contributed by atoms with Crippen molar-refractivity contribution in [2.24, 2.45) is 17.8 Å². The molecule has 4 N–H and O–H groups in total. The van der Waals surface area contributed by atoms with Crippen LogP contribution >= 0.6 is 0 Å². The van der Waals surface area contributed by atoms with E-state index in [1.165, 1.54) is 19.3 Å². The summed E-state index contributed by atoms with van der Waals surface area (Å²) in [6.07, 6.45) is 7.33. The second-order valence-corrected chi connectivity index (χ2v) is 9.16. The maximum atomic E-state index is 12.4. The molecule has 8 nitrogen and oxygen atoms in total. The van der Waals surface area contributed by atoms with Crippen LogP contribution in [0.15, 0.2) is 10.5 Å². The summed E-state index contributed by atoms with van der Waals surface area (Å²) in [5, 5.41) is 6.00. The van der Waals surface area contributed by atoms with Crippen LogP contribution in [0.2, 0.25) is 0 Å². The Hall–Kier alpha value is -2.51. The van der Waals surface area contributed by atoms with Gasteiger partial charge in [0.25, 0.3) is 5.91 Å². The van der Waals surface area contributed by atoms with E-state index in [1.54, 1.807) is 19.9 Å². The Morgan fingerprint density at radius 1 is 1.03 bits per heavy atom. The Labute approximate surface area is 170 Å². The van der Waals surface area contributed by atoms with Crippen LogP contribution in [0.3, 0.4) is 0 Å². The smallest absolute Gasteiger partial charge is 0.315 e. The van der Waals surface area contributed by atoms with Gasteiger partial charge in [0.2, 0.25) is 5.91 Å². The molecule has 158 valence electrons. The molecule has 4 fully saturated rings. The van der Waals surface area contributed by atoms with Gasteiger partial charge < -0.3 is 15.1 Å². The van der Waals surface area contributed by atoms with E-state index in [-0.39, 0.29) is 30.4 Å². The molecule has 4 saturated carbocycles. The third-order valence-electron chi connectivity index (χ3n) is 6.66. The maximum Gasteiger partial charge on any atom is 0.315 e. The van der Waals surface area contributed by atoms with E-state index in [0.29, 0.717) is 17.1 Å². The van der Waals surface area contributed by atoms with E-state index < -0.39 is 5.91 Å². The van der Waals surface area contributed by atoms with Gasteiger partial charge in [0.1, 0.15) is 11.5 Å². The molecule has 0 saturated heterocycles. The lowest BCUT2D eigenvalue weighted by Crippen LogP contribution is -2.61. The van der Waals surface area contributed by atoms with Crippen molar-refractivity contribution >= 4 is 17.8 Å². The lowest BCUT2D eigenvalue weighted by atomic mass is 9.53. The highest BCUT2D eigenvalue weighted by molar-refractivity contribution is 5.96. The minimum atomic E-state index is -0.430. The maximum absolute atomic E-state index is 12.4. The number of rotatable bonds is 5. The van der Waals surface area contributed by atoms with Gasteiger partial charge in [0, 0.05) is 18.5 Å². The van der Waals surface area contributed by atoms with Crippen LogP contribution in [0, 0.1) is 31.6 Å². The molecule has 0 aromatic carbocycles. The van der Waals surface area contributed by atoms with Gasteiger partial charge in [-0.25, -0.2) is 4.79 Å². The van der Waals surface area contributed by atoms with Gasteiger partial charge in [0.15, 0.2) is 0 Å².